The fourth-order valence-electron chi connectivity index (χ4n) is 6.02. The molecule has 1 amide bonds. The molecule has 220 valence electrons. The maximum atomic E-state index is 14.7. The van der Waals surface area contributed by atoms with E-state index in [1.807, 2.05) is 29.2 Å². The Bertz CT molecular complexity index is 1540. The predicted molar refractivity (Wildman–Crippen MR) is 159 cm³/mol. The topological polar surface area (TPSA) is 73.1 Å². The lowest BCUT2D eigenvalue weighted by molar-refractivity contribution is -0.137. The summed E-state index contributed by atoms with van der Waals surface area (Å²) in [5.74, 6) is -1.56. The van der Waals surface area contributed by atoms with Crippen LogP contribution in [-0.4, -0.2) is 50.5 Å². The molecule has 0 atom stereocenters. The molecule has 0 N–H and O–H groups in total. The lowest BCUT2D eigenvalue weighted by Gasteiger charge is -2.36. The largest absolute Gasteiger partial charge is 0.491 e. The van der Waals surface area contributed by atoms with Gasteiger partial charge in [-0.05, 0) is 69.7 Å². The summed E-state index contributed by atoms with van der Waals surface area (Å²) in [5, 5.41) is 12.2. The van der Waals surface area contributed by atoms with Crippen molar-refractivity contribution in [1.82, 2.24) is 24.9 Å². The van der Waals surface area contributed by atoms with E-state index in [0.717, 1.165) is 67.9 Å². The second-order valence-electron chi connectivity index (χ2n) is 10.9. The summed E-state index contributed by atoms with van der Waals surface area (Å²) in [6.45, 7) is 3.44. The molecular formula is C31H32ClF2N5O2S. The lowest BCUT2D eigenvalue weighted by atomic mass is 9.84. The number of hydrogen-bond acceptors (Lipinski definition) is 6. The van der Waals surface area contributed by atoms with Crippen LogP contribution in [0.25, 0.3) is 21.8 Å². The Morgan fingerprint density at radius 1 is 1.02 bits per heavy atom. The smallest absolute Gasteiger partial charge is 0.225 e. The second kappa shape index (κ2) is 12.5. The number of ether oxygens (including phenoxy) is 1. The van der Waals surface area contributed by atoms with Gasteiger partial charge in [0.2, 0.25) is 11.7 Å². The van der Waals surface area contributed by atoms with E-state index in [1.165, 1.54) is 12.1 Å². The Morgan fingerprint density at radius 3 is 2.48 bits per heavy atom. The molecule has 0 radical (unpaired) electrons. The van der Waals surface area contributed by atoms with Crippen LogP contribution in [0.15, 0.2) is 48.0 Å². The summed E-state index contributed by atoms with van der Waals surface area (Å²) < 4.78 is 35.9. The van der Waals surface area contributed by atoms with E-state index in [2.05, 4.69) is 15.7 Å². The molecule has 1 saturated heterocycles. The zero-order valence-corrected chi connectivity index (χ0v) is 24.9. The number of benzene rings is 2. The average Bonchev–Trinajstić information content (AvgIpc) is 3.71. The molecule has 2 fully saturated rings. The van der Waals surface area contributed by atoms with Crippen molar-refractivity contribution >= 4 is 28.8 Å². The first-order valence-electron chi connectivity index (χ1n) is 14.4. The zero-order chi connectivity index (χ0) is 29.2. The van der Waals surface area contributed by atoms with Crippen molar-refractivity contribution in [1.29, 1.82) is 0 Å². The summed E-state index contributed by atoms with van der Waals surface area (Å²) in [7, 11) is 0. The number of likely N-dealkylation sites (tertiary alicyclic amines) is 1. The van der Waals surface area contributed by atoms with E-state index in [1.54, 1.807) is 29.1 Å². The van der Waals surface area contributed by atoms with Gasteiger partial charge in [0.05, 0.1) is 24.5 Å². The molecule has 42 heavy (non-hydrogen) atoms. The van der Waals surface area contributed by atoms with Crippen molar-refractivity contribution in [3.63, 3.8) is 0 Å². The first kappa shape index (κ1) is 28.7. The molecule has 6 rings (SSSR count). The molecule has 11 heteroatoms. The number of nitrogens with zero attached hydrogens (tertiary/aromatic N) is 5. The molecule has 3 heterocycles. The van der Waals surface area contributed by atoms with Gasteiger partial charge in [-0.3, -0.25) is 4.79 Å². The highest BCUT2D eigenvalue weighted by Crippen LogP contribution is 2.37. The van der Waals surface area contributed by atoms with Gasteiger partial charge in [-0.2, -0.15) is 4.39 Å². The van der Waals surface area contributed by atoms with E-state index < -0.39 is 11.6 Å². The first-order chi connectivity index (χ1) is 20.4. The number of rotatable bonds is 7. The minimum Gasteiger partial charge on any atom is -0.491 e. The molecule has 0 bridgehead atoms. The standard InChI is InChI=1S/C31H32ClF2N5O2S/c1-2-41-27-12-11-24(28(33)29(27)34)25-17-39(37-36-25)23-9-5-21(6-10-23)31(40)38-15-13-19(14-16-38)26-18-42-30(35-26)20-3-7-22(32)8-4-20/h3-4,7-8,11-12,17-19,21,23H,2,5-6,9-10,13-16H2,1H3. The lowest BCUT2D eigenvalue weighted by Crippen LogP contribution is -2.42. The molecule has 2 aliphatic rings. The number of carbonyl (C=O) groups is 1. The van der Waals surface area contributed by atoms with Crippen molar-refractivity contribution in [2.75, 3.05) is 19.7 Å². The van der Waals surface area contributed by atoms with E-state index in [0.29, 0.717) is 10.9 Å². The molecular weight excluding hydrogens is 580 g/mol. The highest BCUT2D eigenvalue weighted by atomic mass is 35.5. The second-order valence-corrected chi connectivity index (χ2v) is 12.2. The van der Waals surface area contributed by atoms with E-state index in [4.69, 9.17) is 21.3 Å². The molecule has 2 aromatic carbocycles. The van der Waals surface area contributed by atoms with Crippen molar-refractivity contribution in [2.45, 2.75) is 57.4 Å². The first-order valence-corrected chi connectivity index (χ1v) is 15.7. The molecule has 0 spiro atoms. The molecule has 1 aliphatic carbocycles. The van der Waals surface area contributed by atoms with Gasteiger partial charge in [0.1, 0.15) is 10.7 Å². The van der Waals surface area contributed by atoms with Crippen molar-refractivity contribution in [2.24, 2.45) is 5.92 Å². The Hall–Kier alpha value is -3.37. The average molecular weight is 612 g/mol. The minimum atomic E-state index is -1.03. The fraction of sp³-hybridized carbons (Fsp3) is 0.419. The Kier molecular flexibility index (Phi) is 8.53. The van der Waals surface area contributed by atoms with Crippen LogP contribution >= 0.6 is 22.9 Å². The summed E-state index contributed by atoms with van der Waals surface area (Å²) >= 11 is 7.67. The van der Waals surface area contributed by atoms with Gasteiger partial charge in [-0.25, -0.2) is 14.1 Å². The van der Waals surface area contributed by atoms with Gasteiger partial charge in [0, 0.05) is 46.5 Å². The van der Waals surface area contributed by atoms with Crippen LogP contribution in [0.3, 0.4) is 0 Å². The van der Waals surface area contributed by atoms with Crippen LogP contribution < -0.4 is 4.74 Å². The number of thiazole rings is 1. The normalized spacial score (nSPS) is 19.7. The van der Waals surface area contributed by atoms with Crippen LogP contribution in [0.1, 0.15) is 63.1 Å². The number of piperidine rings is 1. The van der Waals surface area contributed by atoms with Gasteiger partial charge in [-0.15, -0.1) is 16.4 Å². The van der Waals surface area contributed by atoms with Crippen LogP contribution in [-0.2, 0) is 4.79 Å². The predicted octanol–water partition coefficient (Wildman–Crippen LogP) is 7.54. The Balaban J connectivity index is 1.01. The van der Waals surface area contributed by atoms with Crippen molar-refractivity contribution in [3.05, 3.63) is 70.3 Å². The minimum absolute atomic E-state index is 0.00535. The molecule has 1 aliphatic heterocycles. The monoisotopic (exact) mass is 611 g/mol. The molecule has 1 saturated carbocycles. The quantitative estimate of drug-likeness (QED) is 0.216. The number of hydrogen-bond donors (Lipinski definition) is 0. The fourth-order valence-corrected chi connectivity index (χ4v) is 7.05. The Labute approximate surface area is 252 Å². The van der Waals surface area contributed by atoms with E-state index in [-0.39, 0.29) is 41.5 Å². The third-order valence-electron chi connectivity index (χ3n) is 8.39. The number of aromatic nitrogens is 4. The molecule has 0 unspecified atom stereocenters. The SMILES string of the molecule is CCOc1ccc(-c2cn(C3CCC(C(=O)N4CCC(c5csc(-c6ccc(Cl)cc6)n5)CC4)CC3)nn2)c(F)c1F. The number of carbonyl (C=O) groups excluding carboxylic acids is 1. The van der Waals surface area contributed by atoms with Crippen LogP contribution in [0.4, 0.5) is 8.78 Å². The third kappa shape index (κ3) is 5.92. The highest BCUT2D eigenvalue weighted by molar-refractivity contribution is 7.13. The van der Waals surface area contributed by atoms with Crippen LogP contribution in [0.2, 0.25) is 5.02 Å². The van der Waals surface area contributed by atoms with E-state index >= 15 is 0 Å². The molecule has 2 aromatic heterocycles. The van der Waals surface area contributed by atoms with Gasteiger partial charge in [0.25, 0.3) is 0 Å². The molecule has 4 aromatic rings. The van der Waals surface area contributed by atoms with Crippen molar-refractivity contribution < 1.29 is 18.3 Å². The van der Waals surface area contributed by atoms with Crippen LogP contribution in [0, 0.1) is 17.6 Å². The van der Waals surface area contributed by atoms with Crippen LogP contribution in [0.5, 0.6) is 5.75 Å². The van der Waals surface area contributed by atoms with Gasteiger partial charge < -0.3 is 9.64 Å². The van der Waals surface area contributed by atoms with Gasteiger partial charge in [-0.1, -0.05) is 28.9 Å². The summed E-state index contributed by atoms with van der Waals surface area (Å²) in [6, 6.07) is 10.7. The molecule has 7 nitrogen and oxygen atoms in total. The third-order valence-corrected chi connectivity index (χ3v) is 9.55. The highest BCUT2D eigenvalue weighted by Gasteiger charge is 2.33. The van der Waals surface area contributed by atoms with Gasteiger partial charge in [0.15, 0.2) is 11.6 Å². The summed E-state index contributed by atoms with van der Waals surface area (Å²) in [5.41, 5.74) is 2.50. The number of amides is 1. The van der Waals surface area contributed by atoms with Gasteiger partial charge >= 0.3 is 0 Å². The number of halogens is 3. The Morgan fingerprint density at radius 2 is 1.76 bits per heavy atom. The maximum Gasteiger partial charge on any atom is 0.225 e. The summed E-state index contributed by atoms with van der Waals surface area (Å²) in [4.78, 5) is 20.3. The maximum absolute atomic E-state index is 14.7. The van der Waals surface area contributed by atoms with Crippen molar-refractivity contribution in [3.8, 4) is 27.6 Å². The van der Waals surface area contributed by atoms with E-state index in [9.17, 15) is 13.6 Å². The summed E-state index contributed by atoms with van der Waals surface area (Å²) in [6.07, 6.45) is 6.57. The zero-order valence-electron chi connectivity index (χ0n) is 23.3.